The molecule has 1 atom stereocenters. The molecular formula is C19H20INO4S. The molecule has 0 N–H and O–H groups in total. The van der Waals surface area contributed by atoms with Gasteiger partial charge in [0, 0.05) is 0 Å². The Kier molecular flexibility index (Phi) is 7.41. The zero-order valence-electron chi connectivity index (χ0n) is 14.9. The largest absolute Gasteiger partial charge is 0.490 e. The molecule has 1 aromatic rings. The van der Waals surface area contributed by atoms with E-state index in [0.29, 0.717) is 23.0 Å². The van der Waals surface area contributed by atoms with Crippen LogP contribution in [0, 0.1) is 15.9 Å². The van der Waals surface area contributed by atoms with E-state index in [1.807, 2.05) is 26.0 Å². The summed E-state index contributed by atoms with van der Waals surface area (Å²) in [5, 5.41) is -0.351. The number of imide groups is 1. The third-order valence-corrected chi connectivity index (χ3v) is 5.36. The molecule has 1 aliphatic rings. The summed E-state index contributed by atoms with van der Waals surface area (Å²) < 4.78 is 12.6. The van der Waals surface area contributed by atoms with Gasteiger partial charge in [0.2, 0.25) is 0 Å². The van der Waals surface area contributed by atoms with Crippen LogP contribution >= 0.6 is 34.4 Å². The number of hydrogen-bond donors (Lipinski definition) is 0. The number of halogens is 1. The fourth-order valence-corrected chi connectivity index (χ4v) is 3.80. The summed E-state index contributed by atoms with van der Waals surface area (Å²) in [5.74, 6) is 3.27. The Bertz CT molecular complexity index is 784. The first-order valence-electron chi connectivity index (χ1n) is 8.23. The summed E-state index contributed by atoms with van der Waals surface area (Å²) >= 11 is 3.07. The topological polar surface area (TPSA) is 55.8 Å². The second-order valence-electron chi connectivity index (χ2n) is 5.57. The highest BCUT2D eigenvalue weighted by Gasteiger charge is 2.34. The van der Waals surface area contributed by atoms with Crippen molar-refractivity contribution in [3.05, 3.63) is 26.2 Å². The number of carbonyl (C=O) groups excluding carboxylic acids is 2. The molecule has 2 rings (SSSR count). The first-order valence-corrected chi connectivity index (χ1v) is 10.1. The van der Waals surface area contributed by atoms with Crippen molar-refractivity contribution in [1.29, 1.82) is 0 Å². The van der Waals surface area contributed by atoms with Crippen molar-refractivity contribution < 1.29 is 19.1 Å². The van der Waals surface area contributed by atoms with E-state index in [9.17, 15) is 9.59 Å². The van der Waals surface area contributed by atoms with E-state index in [4.69, 9.17) is 15.9 Å². The molecule has 138 valence electrons. The van der Waals surface area contributed by atoms with Crippen LogP contribution in [0.25, 0.3) is 6.08 Å². The molecule has 1 aromatic carbocycles. The smallest absolute Gasteiger partial charge is 0.294 e. The van der Waals surface area contributed by atoms with Crippen molar-refractivity contribution in [2.24, 2.45) is 0 Å². The first-order chi connectivity index (χ1) is 12.4. The van der Waals surface area contributed by atoms with Gasteiger partial charge >= 0.3 is 0 Å². The van der Waals surface area contributed by atoms with Crippen molar-refractivity contribution in [2.45, 2.75) is 33.3 Å². The van der Waals surface area contributed by atoms with Gasteiger partial charge in [-0.05, 0) is 78.4 Å². The summed E-state index contributed by atoms with van der Waals surface area (Å²) in [6.45, 7) is 6.43. The number of ether oxygens (including phenoxy) is 2. The molecule has 0 bridgehead atoms. The zero-order chi connectivity index (χ0) is 19.3. The molecule has 26 heavy (non-hydrogen) atoms. The fraction of sp³-hybridized carbons (Fsp3) is 0.368. The van der Waals surface area contributed by atoms with Gasteiger partial charge in [0.25, 0.3) is 11.1 Å². The summed E-state index contributed by atoms with van der Waals surface area (Å²) in [6.07, 6.45) is 7.84. The van der Waals surface area contributed by atoms with Gasteiger partial charge in [-0.1, -0.05) is 12.8 Å². The van der Waals surface area contributed by atoms with Gasteiger partial charge in [0.1, 0.15) is 0 Å². The highest BCUT2D eigenvalue weighted by atomic mass is 127. The number of rotatable bonds is 7. The number of terminal acetylenes is 1. The minimum absolute atomic E-state index is 0.0224. The molecule has 5 nitrogen and oxygen atoms in total. The van der Waals surface area contributed by atoms with Crippen LogP contribution in [-0.4, -0.2) is 35.3 Å². The van der Waals surface area contributed by atoms with E-state index in [2.05, 4.69) is 35.4 Å². The standard InChI is InChI=1S/C19H20INO4S/c1-5-8-21-18(22)16(26-19(21)23)11-13-9-14(20)17(25-12(4)6-2)15(10-13)24-7-3/h1,9-12H,6-8H2,2-4H3/b16-11+/t12-/m0/s1. The molecule has 7 heteroatoms. The molecular weight excluding hydrogens is 465 g/mol. The summed E-state index contributed by atoms with van der Waals surface area (Å²) in [5.41, 5.74) is 0.764. The monoisotopic (exact) mass is 485 g/mol. The van der Waals surface area contributed by atoms with E-state index in [-0.39, 0.29) is 23.8 Å². The van der Waals surface area contributed by atoms with E-state index >= 15 is 0 Å². The van der Waals surface area contributed by atoms with Crippen molar-refractivity contribution in [3.63, 3.8) is 0 Å². The van der Waals surface area contributed by atoms with E-state index in [0.717, 1.165) is 32.2 Å². The Labute approximate surface area is 171 Å². The zero-order valence-corrected chi connectivity index (χ0v) is 17.8. The summed E-state index contributed by atoms with van der Waals surface area (Å²) in [7, 11) is 0. The van der Waals surface area contributed by atoms with E-state index in [1.165, 1.54) is 0 Å². The Balaban J connectivity index is 2.37. The lowest BCUT2D eigenvalue weighted by molar-refractivity contribution is -0.122. The molecule has 1 fully saturated rings. The molecule has 2 amide bonds. The molecule has 0 spiro atoms. The predicted octanol–water partition coefficient (Wildman–Crippen LogP) is 4.54. The van der Waals surface area contributed by atoms with Crippen LogP contribution in [0.4, 0.5) is 4.79 Å². The Morgan fingerprint density at radius 1 is 1.38 bits per heavy atom. The predicted molar refractivity (Wildman–Crippen MR) is 112 cm³/mol. The molecule has 0 aromatic heterocycles. The second-order valence-corrected chi connectivity index (χ2v) is 7.73. The van der Waals surface area contributed by atoms with E-state index in [1.54, 1.807) is 6.08 Å². The second kappa shape index (κ2) is 9.33. The average Bonchev–Trinajstić information content (AvgIpc) is 2.86. The normalized spacial score (nSPS) is 16.7. The molecule has 0 unspecified atom stereocenters. The molecule has 1 saturated heterocycles. The van der Waals surface area contributed by atoms with Crippen LogP contribution in [0.2, 0.25) is 0 Å². The van der Waals surface area contributed by atoms with Gasteiger partial charge in [0.05, 0.1) is 27.7 Å². The highest BCUT2D eigenvalue weighted by molar-refractivity contribution is 14.1. The SMILES string of the molecule is C#CCN1C(=O)S/C(=C/c2cc(I)c(O[C@@H](C)CC)c(OCC)c2)C1=O. The van der Waals surface area contributed by atoms with Gasteiger partial charge in [0.15, 0.2) is 11.5 Å². The molecule has 1 heterocycles. The minimum atomic E-state index is -0.370. The molecule has 0 radical (unpaired) electrons. The maximum Gasteiger partial charge on any atom is 0.294 e. The third-order valence-electron chi connectivity index (χ3n) is 3.65. The lowest BCUT2D eigenvalue weighted by atomic mass is 10.1. The average molecular weight is 485 g/mol. The quantitative estimate of drug-likeness (QED) is 0.323. The van der Waals surface area contributed by atoms with Gasteiger partial charge in [-0.2, -0.15) is 0 Å². The number of thioether (sulfide) groups is 1. The summed E-state index contributed by atoms with van der Waals surface area (Å²) in [6, 6.07) is 3.72. The molecule has 0 aliphatic carbocycles. The van der Waals surface area contributed by atoms with Crippen molar-refractivity contribution in [2.75, 3.05) is 13.2 Å². The van der Waals surface area contributed by atoms with Gasteiger partial charge in [-0.3, -0.25) is 14.5 Å². The van der Waals surface area contributed by atoms with Crippen LogP contribution in [0.1, 0.15) is 32.8 Å². The number of amides is 2. The number of benzene rings is 1. The van der Waals surface area contributed by atoms with Gasteiger partial charge < -0.3 is 9.47 Å². The van der Waals surface area contributed by atoms with Crippen molar-refractivity contribution in [3.8, 4) is 23.8 Å². The van der Waals surface area contributed by atoms with Gasteiger partial charge in [-0.15, -0.1) is 6.42 Å². The van der Waals surface area contributed by atoms with Gasteiger partial charge in [-0.25, -0.2) is 0 Å². The Hall–Kier alpha value is -1.66. The lowest BCUT2D eigenvalue weighted by Crippen LogP contribution is -2.28. The highest BCUT2D eigenvalue weighted by Crippen LogP contribution is 2.38. The molecule has 1 aliphatic heterocycles. The minimum Gasteiger partial charge on any atom is -0.490 e. The van der Waals surface area contributed by atoms with Crippen molar-refractivity contribution >= 4 is 51.6 Å². The van der Waals surface area contributed by atoms with Crippen LogP contribution < -0.4 is 9.47 Å². The maximum atomic E-state index is 12.3. The number of hydrogen-bond acceptors (Lipinski definition) is 5. The lowest BCUT2D eigenvalue weighted by Gasteiger charge is -2.18. The maximum absolute atomic E-state index is 12.3. The number of nitrogens with zero attached hydrogens (tertiary/aromatic N) is 1. The first kappa shape index (κ1) is 20.6. The molecule has 0 saturated carbocycles. The van der Waals surface area contributed by atoms with Crippen LogP contribution in [-0.2, 0) is 4.79 Å². The van der Waals surface area contributed by atoms with Crippen LogP contribution in [0.3, 0.4) is 0 Å². The fourth-order valence-electron chi connectivity index (χ4n) is 2.21. The van der Waals surface area contributed by atoms with Crippen LogP contribution in [0.15, 0.2) is 17.0 Å². The van der Waals surface area contributed by atoms with Crippen LogP contribution in [0.5, 0.6) is 11.5 Å². The van der Waals surface area contributed by atoms with Crippen molar-refractivity contribution in [1.82, 2.24) is 4.90 Å². The Morgan fingerprint density at radius 3 is 2.73 bits per heavy atom. The Morgan fingerprint density at radius 2 is 2.12 bits per heavy atom. The summed E-state index contributed by atoms with van der Waals surface area (Å²) in [4.78, 5) is 25.6. The third kappa shape index (κ3) is 4.74. The van der Waals surface area contributed by atoms with E-state index < -0.39 is 0 Å². The number of carbonyl (C=O) groups is 2.